The van der Waals surface area contributed by atoms with Gasteiger partial charge in [0, 0.05) is 5.02 Å². The Labute approximate surface area is 151 Å². The van der Waals surface area contributed by atoms with E-state index in [-0.39, 0.29) is 0 Å². The monoisotopic (exact) mass is 339 g/mol. The Hall–Kier alpha value is -1.57. The smallest absolute Gasteiger partial charge is 0.0558 e. The van der Waals surface area contributed by atoms with Crippen molar-refractivity contribution in [3.63, 3.8) is 0 Å². The van der Waals surface area contributed by atoms with Crippen LogP contribution in [-0.2, 0) is 6.42 Å². The Morgan fingerprint density at radius 1 is 0.917 bits per heavy atom. The fourth-order valence-corrected chi connectivity index (χ4v) is 4.04. The summed E-state index contributed by atoms with van der Waals surface area (Å²) in [4.78, 5) is 2.35. The molecule has 24 heavy (non-hydrogen) atoms. The average Bonchev–Trinajstić information content (AvgIpc) is 2.59. The number of likely N-dealkylation sites (N-methyl/N-ethyl adjacent to an activating group) is 1. The van der Waals surface area contributed by atoms with Crippen LogP contribution in [0.4, 0.5) is 0 Å². The molecule has 126 valence electrons. The van der Waals surface area contributed by atoms with Crippen LogP contribution in [0.25, 0.3) is 0 Å². The van der Waals surface area contributed by atoms with Crippen LogP contribution < -0.4 is 0 Å². The highest BCUT2D eigenvalue weighted by molar-refractivity contribution is 6.31. The Balaban J connectivity index is 1.99. The normalized spacial score (nSPS) is 16.5. The van der Waals surface area contributed by atoms with Gasteiger partial charge in [0.1, 0.15) is 0 Å². The average molecular weight is 340 g/mol. The molecule has 0 aromatic heterocycles. The molecule has 0 radical (unpaired) electrons. The summed E-state index contributed by atoms with van der Waals surface area (Å²) in [5.41, 5.74) is 5.81. The molecule has 1 nitrogen and oxygen atoms in total. The Bertz CT molecular complexity index is 703. The summed E-state index contributed by atoms with van der Waals surface area (Å²) >= 11 is 6.42. The van der Waals surface area contributed by atoms with Crippen LogP contribution in [0.2, 0.25) is 5.02 Å². The summed E-state index contributed by atoms with van der Waals surface area (Å²) in [7, 11) is 4.37. The van der Waals surface area contributed by atoms with E-state index in [0.717, 1.165) is 11.4 Å². The van der Waals surface area contributed by atoms with Crippen LogP contribution in [0.5, 0.6) is 0 Å². The minimum atomic E-state index is 0.365. The third-order valence-corrected chi connectivity index (χ3v) is 5.32. The van der Waals surface area contributed by atoms with Gasteiger partial charge in [0.2, 0.25) is 0 Å². The molecule has 1 aliphatic carbocycles. The van der Waals surface area contributed by atoms with Crippen molar-refractivity contribution in [2.24, 2.45) is 0 Å². The standard InChI is InChI=1S/C22H26ClN/c1-24(2)22(17-10-4-3-5-11-17)20-14-8-6-12-18(20)16-19-13-7-9-15-21(19)23/h3-5,7,9-11,13,15,22H,6,8,12,14,16H2,1-2H3. The number of allylic oxidation sites excluding steroid dienone is 1. The summed E-state index contributed by atoms with van der Waals surface area (Å²) in [6.45, 7) is 0. The molecule has 2 aromatic rings. The molecule has 2 heteroatoms. The predicted octanol–water partition coefficient (Wildman–Crippen LogP) is 6.06. The number of benzene rings is 2. The third-order valence-electron chi connectivity index (χ3n) is 4.95. The molecule has 1 unspecified atom stereocenters. The zero-order chi connectivity index (χ0) is 16.9. The van der Waals surface area contributed by atoms with Gasteiger partial charge in [0.15, 0.2) is 0 Å². The molecule has 3 rings (SSSR count). The van der Waals surface area contributed by atoms with E-state index in [0.29, 0.717) is 6.04 Å². The van der Waals surface area contributed by atoms with Gasteiger partial charge in [0.25, 0.3) is 0 Å². The van der Waals surface area contributed by atoms with Gasteiger partial charge in [0.05, 0.1) is 6.04 Å². The predicted molar refractivity (Wildman–Crippen MR) is 104 cm³/mol. The summed E-state index contributed by atoms with van der Waals surface area (Å²) < 4.78 is 0. The van der Waals surface area contributed by atoms with E-state index in [1.165, 1.54) is 36.8 Å². The summed E-state index contributed by atoms with van der Waals surface area (Å²) in [5.74, 6) is 0. The van der Waals surface area contributed by atoms with Crippen molar-refractivity contribution in [1.29, 1.82) is 0 Å². The summed E-state index contributed by atoms with van der Waals surface area (Å²) in [6, 6.07) is 19.5. The molecule has 0 saturated carbocycles. The van der Waals surface area contributed by atoms with E-state index in [2.05, 4.69) is 61.5 Å². The summed E-state index contributed by atoms with van der Waals surface area (Å²) in [6.07, 6.45) is 5.94. The van der Waals surface area contributed by atoms with Crippen LogP contribution in [-0.4, -0.2) is 19.0 Å². The van der Waals surface area contributed by atoms with Crippen LogP contribution in [0.3, 0.4) is 0 Å². The maximum absolute atomic E-state index is 6.42. The van der Waals surface area contributed by atoms with Crippen molar-refractivity contribution in [3.05, 3.63) is 81.9 Å². The lowest BCUT2D eigenvalue weighted by molar-refractivity contribution is 0.323. The first-order valence-electron chi connectivity index (χ1n) is 8.82. The first kappa shape index (κ1) is 17.3. The van der Waals surface area contributed by atoms with Gasteiger partial charge in [-0.1, -0.05) is 65.7 Å². The number of halogens is 1. The molecule has 0 heterocycles. The second-order valence-electron chi connectivity index (χ2n) is 6.88. The lowest BCUT2D eigenvalue weighted by atomic mass is 9.82. The number of nitrogens with zero attached hydrogens (tertiary/aromatic N) is 1. The second-order valence-corrected chi connectivity index (χ2v) is 7.29. The van der Waals surface area contributed by atoms with Gasteiger partial charge in [-0.15, -0.1) is 0 Å². The molecule has 0 aliphatic heterocycles. The van der Waals surface area contributed by atoms with Crippen LogP contribution in [0.15, 0.2) is 65.7 Å². The molecular weight excluding hydrogens is 314 g/mol. The van der Waals surface area contributed by atoms with Gasteiger partial charge in [-0.25, -0.2) is 0 Å². The fourth-order valence-electron chi connectivity index (χ4n) is 3.84. The Morgan fingerprint density at radius 3 is 2.29 bits per heavy atom. The highest BCUT2D eigenvalue weighted by atomic mass is 35.5. The van der Waals surface area contributed by atoms with Crippen molar-refractivity contribution in [3.8, 4) is 0 Å². The Morgan fingerprint density at radius 2 is 1.58 bits per heavy atom. The van der Waals surface area contributed by atoms with Crippen molar-refractivity contribution < 1.29 is 0 Å². The van der Waals surface area contributed by atoms with E-state index in [9.17, 15) is 0 Å². The van der Waals surface area contributed by atoms with Gasteiger partial charge in [-0.2, -0.15) is 0 Å². The molecular formula is C22H26ClN. The van der Waals surface area contributed by atoms with E-state index >= 15 is 0 Å². The third kappa shape index (κ3) is 3.91. The number of hydrogen-bond donors (Lipinski definition) is 0. The number of hydrogen-bond acceptors (Lipinski definition) is 1. The largest absolute Gasteiger partial charge is 0.299 e. The SMILES string of the molecule is CN(C)C(C1=C(Cc2ccccc2Cl)CCCC1)c1ccccc1. The second kappa shape index (κ2) is 8.00. The first-order chi connectivity index (χ1) is 11.7. The molecule has 0 saturated heterocycles. The van der Waals surface area contributed by atoms with E-state index in [1.54, 1.807) is 11.1 Å². The number of rotatable bonds is 5. The van der Waals surface area contributed by atoms with Crippen LogP contribution in [0.1, 0.15) is 42.9 Å². The maximum atomic E-state index is 6.42. The molecule has 0 spiro atoms. The molecule has 0 fully saturated rings. The molecule has 0 N–H and O–H groups in total. The van der Waals surface area contributed by atoms with Gasteiger partial charge in [-0.3, -0.25) is 4.90 Å². The maximum Gasteiger partial charge on any atom is 0.0558 e. The quantitative estimate of drug-likeness (QED) is 0.599. The molecule has 1 atom stereocenters. The highest BCUT2D eigenvalue weighted by Crippen LogP contribution is 2.38. The Kier molecular flexibility index (Phi) is 5.76. The van der Waals surface area contributed by atoms with Crippen molar-refractivity contribution in [2.75, 3.05) is 14.1 Å². The zero-order valence-corrected chi connectivity index (χ0v) is 15.4. The van der Waals surface area contributed by atoms with Gasteiger partial charge < -0.3 is 0 Å². The van der Waals surface area contributed by atoms with Crippen molar-refractivity contribution in [2.45, 2.75) is 38.1 Å². The highest BCUT2D eigenvalue weighted by Gasteiger charge is 2.24. The van der Waals surface area contributed by atoms with E-state index < -0.39 is 0 Å². The van der Waals surface area contributed by atoms with E-state index in [1.807, 2.05) is 12.1 Å². The minimum absolute atomic E-state index is 0.365. The topological polar surface area (TPSA) is 3.24 Å². The molecule has 1 aliphatic rings. The minimum Gasteiger partial charge on any atom is -0.299 e. The summed E-state index contributed by atoms with van der Waals surface area (Å²) in [5, 5.41) is 0.885. The van der Waals surface area contributed by atoms with Gasteiger partial charge >= 0.3 is 0 Å². The van der Waals surface area contributed by atoms with Crippen molar-refractivity contribution >= 4 is 11.6 Å². The fraction of sp³-hybridized carbons (Fsp3) is 0.364. The van der Waals surface area contributed by atoms with Gasteiger partial charge in [-0.05, 0) is 69.0 Å². The zero-order valence-electron chi connectivity index (χ0n) is 14.6. The van der Waals surface area contributed by atoms with Crippen LogP contribution >= 0.6 is 11.6 Å². The molecule has 2 aromatic carbocycles. The lowest BCUT2D eigenvalue weighted by Gasteiger charge is -2.32. The lowest BCUT2D eigenvalue weighted by Crippen LogP contribution is -2.24. The van der Waals surface area contributed by atoms with E-state index in [4.69, 9.17) is 11.6 Å². The molecule has 0 bridgehead atoms. The van der Waals surface area contributed by atoms with Crippen LogP contribution in [0, 0.1) is 0 Å². The first-order valence-corrected chi connectivity index (χ1v) is 9.20. The molecule has 0 amide bonds. The van der Waals surface area contributed by atoms with Crippen molar-refractivity contribution in [1.82, 2.24) is 4.90 Å².